The van der Waals surface area contributed by atoms with Crippen molar-refractivity contribution in [1.82, 2.24) is 9.80 Å². The van der Waals surface area contributed by atoms with Gasteiger partial charge in [0, 0.05) is 36.3 Å². The summed E-state index contributed by atoms with van der Waals surface area (Å²) in [6.45, 7) is 1.02. The van der Waals surface area contributed by atoms with Crippen molar-refractivity contribution in [2.24, 2.45) is 0 Å². The smallest absolute Gasteiger partial charge is 0.156 e. The first-order valence-corrected chi connectivity index (χ1v) is 29.0. The van der Waals surface area contributed by atoms with E-state index < -0.39 is 0 Å². The highest BCUT2D eigenvalue weighted by molar-refractivity contribution is 6.65. The Hall–Kier alpha value is -0.0151. The lowest BCUT2D eigenvalue weighted by atomic mass is 9.19. The van der Waals surface area contributed by atoms with Crippen molar-refractivity contribution < 1.29 is 0 Å². The Bertz CT molecular complexity index is 970. The minimum absolute atomic E-state index is 0.862. The number of nitrogens with zero attached hydrogens (tertiary/aromatic N) is 2. The summed E-state index contributed by atoms with van der Waals surface area (Å²) in [5.41, 5.74) is 0. The predicted molar refractivity (Wildman–Crippen MR) is 260 cm³/mol. The van der Waals surface area contributed by atoms with E-state index in [1.807, 2.05) is 0 Å². The van der Waals surface area contributed by atoms with Gasteiger partial charge in [0.1, 0.15) is 0 Å². The van der Waals surface area contributed by atoms with Gasteiger partial charge < -0.3 is 0 Å². The second kappa shape index (κ2) is 27.3. The molecule has 2 saturated heterocycles. The fourth-order valence-electron chi connectivity index (χ4n) is 16.1. The summed E-state index contributed by atoms with van der Waals surface area (Å²) in [6.07, 6.45) is 71.5. The zero-order valence-electron chi connectivity index (χ0n) is 39.9. The van der Waals surface area contributed by atoms with E-state index in [4.69, 9.17) is 0 Å². The average Bonchev–Trinajstić information content (AvgIpc) is 3.22. The fourth-order valence-corrected chi connectivity index (χ4v) is 16.1. The third-order valence-electron chi connectivity index (χ3n) is 18.9. The van der Waals surface area contributed by atoms with E-state index >= 15 is 0 Å². The Morgan fingerprint density at radius 3 is 0.678 bits per heavy atom. The summed E-state index contributed by atoms with van der Waals surface area (Å²) < 4.78 is 0. The van der Waals surface area contributed by atoms with Gasteiger partial charge in [0.25, 0.3) is 0 Å². The average molecular weight is 815 g/mol. The van der Waals surface area contributed by atoms with Gasteiger partial charge in [-0.15, -0.1) is 0 Å². The first-order chi connectivity index (χ1) is 29.4. The van der Waals surface area contributed by atoms with E-state index in [2.05, 4.69) is 9.80 Å². The van der Waals surface area contributed by atoms with Crippen LogP contribution >= 0.6 is 0 Å². The van der Waals surface area contributed by atoms with Crippen LogP contribution in [0.15, 0.2) is 0 Å². The molecule has 6 atom stereocenters. The van der Waals surface area contributed by atoms with Crippen LogP contribution in [-0.2, 0) is 0 Å². The fraction of sp³-hybridized carbons (Fsp3) is 1.00. The van der Waals surface area contributed by atoms with Gasteiger partial charge in [0.05, 0.1) is 0 Å². The molecule has 7 fully saturated rings. The molecule has 2 nitrogen and oxygen atoms in total. The molecule has 0 N–H and O–H groups in total. The normalized spacial score (nSPS) is 36.2. The van der Waals surface area contributed by atoms with Crippen LogP contribution in [0.1, 0.15) is 302 Å². The summed E-state index contributed by atoms with van der Waals surface area (Å²) >= 11 is 0. The summed E-state index contributed by atoms with van der Waals surface area (Å²) in [6, 6.07) is 5.24. The third kappa shape index (κ3) is 14.0. The van der Waals surface area contributed by atoms with Crippen LogP contribution in [0.25, 0.3) is 0 Å². The van der Waals surface area contributed by atoms with Gasteiger partial charge in [0.2, 0.25) is 0 Å². The molecular formula is C56H103BN2. The van der Waals surface area contributed by atoms with E-state index in [0.29, 0.717) is 0 Å². The van der Waals surface area contributed by atoms with Crippen molar-refractivity contribution >= 4 is 6.71 Å². The van der Waals surface area contributed by atoms with Crippen LogP contribution in [0.2, 0.25) is 17.5 Å². The number of hydrogen-bond acceptors (Lipinski definition) is 2. The Balaban J connectivity index is 1.29. The molecule has 0 amide bonds. The van der Waals surface area contributed by atoms with E-state index in [-0.39, 0.29) is 0 Å². The molecule has 5 aliphatic carbocycles. The second-order valence-electron chi connectivity index (χ2n) is 22.9. The first-order valence-electron chi connectivity index (χ1n) is 29.0. The molecule has 59 heavy (non-hydrogen) atoms. The second-order valence-corrected chi connectivity index (χ2v) is 22.9. The maximum atomic E-state index is 3.57. The number of hydrogen-bond donors (Lipinski definition) is 0. The molecule has 0 radical (unpaired) electrons. The standard InChI is InChI=1S/C56H103BN2/c1-3-7-12-18-28-38-48(39-29-19-13-8-4-1)58-52-44-34-26-24-32-42-50(52)57-51-43-33-25-27-35-45-53(51)59(49-40-30-20-14-9-5-2-6-10-15-21-31-41-49)55-47-37-23-17-11-16-22-36-46-54(58)56(55)57/h48-56H,1-47H2. The van der Waals surface area contributed by atoms with Crippen LogP contribution < -0.4 is 0 Å². The van der Waals surface area contributed by atoms with Crippen LogP contribution in [0, 0.1) is 0 Å². The van der Waals surface area contributed by atoms with Crippen molar-refractivity contribution in [3.8, 4) is 0 Å². The van der Waals surface area contributed by atoms with Gasteiger partial charge in [-0.25, -0.2) is 0 Å². The van der Waals surface area contributed by atoms with Gasteiger partial charge in [-0.2, -0.15) is 0 Å². The highest BCUT2D eigenvalue weighted by atomic mass is 15.3. The summed E-state index contributed by atoms with van der Waals surface area (Å²) in [7, 11) is 0. The molecule has 7 aliphatic rings. The number of rotatable bonds is 2. The maximum Gasteiger partial charge on any atom is 0.156 e. The molecule has 5 saturated carbocycles. The van der Waals surface area contributed by atoms with Gasteiger partial charge in [-0.1, -0.05) is 250 Å². The molecular weight excluding hydrogens is 711 g/mol. The highest BCUT2D eigenvalue weighted by Gasteiger charge is 2.61. The van der Waals surface area contributed by atoms with Crippen molar-refractivity contribution in [1.29, 1.82) is 0 Å². The largest absolute Gasteiger partial charge is 0.295 e. The summed E-state index contributed by atoms with van der Waals surface area (Å²) in [5, 5.41) is 0. The summed E-state index contributed by atoms with van der Waals surface area (Å²) in [5.74, 6) is 2.91. The molecule has 3 heteroatoms. The van der Waals surface area contributed by atoms with E-state index in [1.165, 1.54) is 250 Å². The molecule has 0 aromatic heterocycles. The van der Waals surface area contributed by atoms with E-state index in [9.17, 15) is 0 Å². The molecule has 2 heterocycles. The molecule has 6 unspecified atom stereocenters. The molecule has 0 aromatic carbocycles. The first kappa shape index (κ1) is 47.0. The molecule has 0 aromatic rings. The lowest BCUT2D eigenvalue weighted by Gasteiger charge is -2.66. The lowest BCUT2D eigenvalue weighted by molar-refractivity contribution is -0.0317. The topological polar surface area (TPSA) is 6.48 Å². The van der Waals surface area contributed by atoms with E-state index in [1.54, 1.807) is 51.4 Å². The van der Waals surface area contributed by atoms with Crippen molar-refractivity contribution in [2.45, 2.75) is 355 Å². The highest BCUT2D eigenvalue weighted by Crippen LogP contribution is 2.60. The van der Waals surface area contributed by atoms with Gasteiger partial charge in [-0.3, -0.25) is 9.80 Å². The van der Waals surface area contributed by atoms with Gasteiger partial charge >= 0.3 is 0 Å². The van der Waals surface area contributed by atoms with Crippen molar-refractivity contribution in [3.05, 3.63) is 0 Å². The Kier molecular flexibility index (Phi) is 21.8. The molecule has 7 rings (SSSR count). The SMILES string of the molecule is C1CCCCCCC(N2C3CCCCCCC3B3C4CCCCCCC4N(C4CCCCCCCCCCCCC4)C4CCCCCCCCCC2C34)CCCCCC1. The molecule has 2 aliphatic heterocycles. The van der Waals surface area contributed by atoms with Crippen LogP contribution in [0.4, 0.5) is 0 Å². The minimum atomic E-state index is 0.862. The summed E-state index contributed by atoms with van der Waals surface area (Å²) in [4.78, 5) is 7.13. The maximum absolute atomic E-state index is 3.57. The van der Waals surface area contributed by atoms with Gasteiger partial charge in [0.15, 0.2) is 6.71 Å². The van der Waals surface area contributed by atoms with Crippen LogP contribution in [0.5, 0.6) is 0 Å². The Morgan fingerprint density at radius 1 is 0.203 bits per heavy atom. The Labute approximate surface area is 370 Å². The van der Waals surface area contributed by atoms with Crippen LogP contribution in [0.3, 0.4) is 0 Å². The molecule has 0 spiro atoms. The number of fused-ring (bicyclic) bond motifs is 4. The van der Waals surface area contributed by atoms with Crippen molar-refractivity contribution in [3.63, 3.8) is 0 Å². The third-order valence-corrected chi connectivity index (χ3v) is 18.9. The Morgan fingerprint density at radius 2 is 0.407 bits per heavy atom. The van der Waals surface area contributed by atoms with Crippen LogP contribution in [-0.4, -0.2) is 52.8 Å². The lowest BCUT2D eigenvalue weighted by Crippen LogP contribution is -2.72. The zero-order valence-corrected chi connectivity index (χ0v) is 39.9. The van der Waals surface area contributed by atoms with Gasteiger partial charge in [-0.05, 0) is 68.8 Å². The minimum Gasteiger partial charge on any atom is -0.295 e. The predicted octanol–water partition coefficient (Wildman–Crippen LogP) is 17.8. The monoisotopic (exact) mass is 815 g/mol. The quantitative estimate of drug-likeness (QED) is 0.256. The van der Waals surface area contributed by atoms with E-state index in [0.717, 1.165) is 60.4 Å². The zero-order chi connectivity index (χ0) is 40.2. The molecule has 340 valence electrons. The molecule has 0 bridgehead atoms. The van der Waals surface area contributed by atoms with Crippen molar-refractivity contribution in [2.75, 3.05) is 0 Å².